The van der Waals surface area contributed by atoms with E-state index in [0.29, 0.717) is 18.9 Å². The van der Waals surface area contributed by atoms with Gasteiger partial charge in [0.25, 0.3) is 0 Å². The van der Waals surface area contributed by atoms with E-state index in [9.17, 15) is 13.2 Å². The van der Waals surface area contributed by atoms with E-state index in [1.54, 1.807) is 4.57 Å². The van der Waals surface area contributed by atoms with Gasteiger partial charge in [-0.3, -0.25) is 4.90 Å². The van der Waals surface area contributed by atoms with Gasteiger partial charge in [-0.15, -0.1) is 10.2 Å². The highest BCUT2D eigenvalue weighted by Crippen LogP contribution is 2.28. The number of nitrogens with zero attached hydrogens (tertiary/aromatic N) is 4. The summed E-state index contributed by atoms with van der Waals surface area (Å²) in [5.74, 6) is 0.547. The number of rotatable bonds is 2. The van der Waals surface area contributed by atoms with Crippen LogP contribution < -0.4 is 5.73 Å². The van der Waals surface area contributed by atoms with Gasteiger partial charge in [0, 0.05) is 19.1 Å². The third-order valence-corrected chi connectivity index (χ3v) is 2.90. The van der Waals surface area contributed by atoms with E-state index >= 15 is 0 Å². The molecule has 96 valence electrons. The van der Waals surface area contributed by atoms with Crippen LogP contribution in [-0.4, -0.2) is 44.5 Å². The molecule has 0 saturated carbocycles. The molecule has 1 aliphatic heterocycles. The topological polar surface area (TPSA) is 60.0 Å². The lowest BCUT2D eigenvalue weighted by Crippen LogP contribution is -2.56. The zero-order valence-corrected chi connectivity index (χ0v) is 9.35. The van der Waals surface area contributed by atoms with Crippen LogP contribution in [0.15, 0.2) is 6.33 Å². The Kier molecular flexibility index (Phi) is 3.09. The van der Waals surface area contributed by atoms with Crippen molar-refractivity contribution in [2.75, 3.05) is 6.54 Å². The highest BCUT2D eigenvalue weighted by atomic mass is 19.4. The number of aromatic nitrogens is 3. The van der Waals surface area contributed by atoms with E-state index in [-0.39, 0.29) is 6.54 Å². The zero-order chi connectivity index (χ0) is 12.6. The fourth-order valence-corrected chi connectivity index (χ4v) is 2.16. The number of halogens is 3. The average Bonchev–Trinajstić information content (AvgIpc) is 2.61. The lowest BCUT2D eigenvalue weighted by atomic mass is 10.1. The van der Waals surface area contributed by atoms with Crippen LogP contribution in [0, 0.1) is 0 Å². The van der Waals surface area contributed by atoms with Crippen LogP contribution in [0.4, 0.5) is 13.2 Å². The van der Waals surface area contributed by atoms with Crippen molar-refractivity contribution in [2.45, 2.75) is 38.3 Å². The van der Waals surface area contributed by atoms with E-state index in [1.165, 1.54) is 18.2 Å². The SMILES string of the molecule is CC(N)C(N1CCn2cnnc2C1)C(F)(F)F. The highest BCUT2D eigenvalue weighted by Gasteiger charge is 2.46. The number of hydrogen-bond acceptors (Lipinski definition) is 4. The number of fused-ring (bicyclic) bond motifs is 1. The molecular weight excluding hydrogens is 235 g/mol. The minimum absolute atomic E-state index is 0.131. The van der Waals surface area contributed by atoms with Crippen LogP contribution >= 0.6 is 0 Å². The normalized spacial score (nSPS) is 21.0. The molecule has 17 heavy (non-hydrogen) atoms. The summed E-state index contributed by atoms with van der Waals surface area (Å²) < 4.78 is 40.4. The molecule has 1 aromatic rings. The maximum Gasteiger partial charge on any atom is 0.405 e. The van der Waals surface area contributed by atoms with Gasteiger partial charge in [-0.25, -0.2) is 0 Å². The van der Waals surface area contributed by atoms with Gasteiger partial charge in [0.15, 0.2) is 0 Å². The predicted molar refractivity (Wildman–Crippen MR) is 53.9 cm³/mol. The molecule has 2 heterocycles. The van der Waals surface area contributed by atoms with Crippen molar-refractivity contribution in [3.05, 3.63) is 12.2 Å². The molecule has 2 unspecified atom stereocenters. The van der Waals surface area contributed by atoms with Gasteiger partial charge in [0.2, 0.25) is 0 Å². The Bertz CT molecular complexity index is 386. The molecule has 0 spiro atoms. The predicted octanol–water partition coefficient (Wildman–Crippen LogP) is 0.372. The summed E-state index contributed by atoms with van der Waals surface area (Å²) in [7, 11) is 0. The first kappa shape index (κ1) is 12.3. The van der Waals surface area contributed by atoms with Crippen molar-refractivity contribution in [2.24, 2.45) is 5.73 Å². The summed E-state index contributed by atoms with van der Waals surface area (Å²) in [6, 6.07) is -2.60. The summed E-state index contributed by atoms with van der Waals surface area (Å²) in [5, 5.41) is 7.47. The Morgan fingerprint density at radius 1 is 1.41 bits per heavy atom. The van der Waals surface area contributed by atoms with Gasteiger partial charge in [0.1, 0.15) is 18.2 Å². The molecule has 2 rings (SSSR count). The summed E-state index contributed by atoms with van der Waals surface area (Å²) in [4.78, 5) is 1.31. The third-order valence-electron chi connectivity index (χ3n) is 2.90. The second kappa shape index (κ2) is 4.26. The van der Waals surface area contributed by atoms with Crippen molar-refractivity contribution < 1.29 is 13.2 Å². The van der Waals surface area contributed by atoms with Gasteiger partial charge in [0.05, 0.1) is 6.54 Å². The van der Waals surface area contributed by atoms with Crippen molar-refractivity contribution in [1.29, 1.82) is 0 Å². The maximum atomic E-state index is 12.9. The number of hydrogen-bond donors (Lipinski definition) is 1. The van der Waals surface area contributed by atoms with Gasteiger partial charge >= 0.3 is 6.18 Å². The smallest absolute Gasteiger partial charge is 0.326 e. The Morgan fingerprint density at radius 3 is 2.71 bits per heavy atom. The Morgan fingerprint density at radius 2 is 2.12 bits per heavy atom. The molecule has 8 heteroatoms. The summed E-state index contributed by atoms with van der Waals surface area (Å²) in [6.45, 7) is 2.27. The molecule has 0 aliphatic carbocycles. The fourth-order valence-electron chi connectivity index (χ4n) is 2.16. The van der Waals surface area contributed by atoms with Gasteiger partial charge < -0.3 is 10.3 Å². The van der Waals surface area contributed by atoms with Crippen LogP contribution in [0.5, 0.6) is 0 Å². The second-order valence-electron chi connectivity index (χ2n) is 4.26. The molecule has 2 N–H and O–H groups in total. The molecule has 1 aliphatic rings. The molecule has 0 saturated heterocycles. The standard InChI is InChI=1S/C9H14F3N5/c1-6(13)8(9(10,11)12)16-2-3-17-5-14-15-7(17)4-16/h5-6,8H,2-4,13H2,1H3. The molecule has 0 aromatic carbocycles. The van der Waals surface area contributed by atoms with Crippen molar-refractivity contribution in [3.8, 4) is 0 Å². The lowest BCUT2D eigenvalue weighted by molar-refractivity contribution is -0.191. The Hall–Kier alpha value is -1.15. The van der Waals surface area contributed by atoms with Crippen LogP contribution in [0.1, 0.15) is 12.7 Å². The summed E-state index contributed by atoms with van der Waals surface area (Å²) >= 11 is 0. The maximum absolute atomic E-state index is 12.9. The number of alkyl halides is 3. The second-order valence-corrected chi connectivity index (χ2v) is 4.26. The molecule has 0 bridgehead atoms. The van der Waals surface area contributed by atoms with E-state index in [0.717, 1.165) is 0 Å². The number of nitrogens with two attached hydrogens (primary N) is 1. The highest BCUT2D eigenvalue weighted by molar-refractivity contribution is 4.95. The Labute approximate surface area is 96.4 Å². The first-order valence-corrected chi connectivity index (χ1v) is 5.32. The molecule has 0 radical (unpaired) electrons. The van der Waals surface area contributed by atoms with Crippen LogP contribution in [-0.2, 0) is 13.1 Å². The van der Waals surface area contributed by atoms with E-state index in [2.05, 4.69) is 10.2 Å². The van der Waals surface area contributed by atoms with E-state index < -0.39 is 18.3 Å². The van der Waals surface area contributed by atoms with Crippen LogP contribution in [0.3, 0.4) is 0 Å². The van der Waals surface area contributed by atoms with E-state index in [4.69, 9.17) is 5.73 Å². The minimum atomic E-state index is -4.32. The minimum Gasteiger partial charge on any atom is -0.326 e. The molecule has 0 amide bonds. The molecule has 0 fully saturated rings. The van der Waals surface area contributed by atoms with Gasteiger partial charge in [-0.2, -0.15) is 13.2 Å². The molecule has 1 aromatic heterocycles. The van der Waals surface area contributed by atoms with Gasteiger partial charge in [-0.1, -0.05) is 0 Å². The van der Waals surface area contributed by atoms with E-state index in [1.807, 2.05) is 0 Å². The Balaban J connectivity index is 2.18. The quantitative estimate of drug-likeness (QED) is 0.822. The van der Waals surface area contributed by atoms with Crippen LogP contribution in [0.2, 0.25) is 0 Å². The average molecular weight is 249 g/mol. The first-order chi connectivity index (χ1) is 7.89. The van der Waals surface area contributed by atoms with Gasteiger partial charge in [-0.05, 0) is 6.92 Å². The molecule has 5 nitrogen and oxygen atoms in total. The summed E-state index contributed by atoms with van der Waals surface area (Å²) in [6.07, 6.45) is -2.79. The first-order valence-electron chi connectivity index (χ1n) is 5.32. The fraction of sp³-hybridized carbons (Fsp3) is 0.778. The lowest BCUT2D eigenvalue weighted by Gasteiger charge is -2.37. The van der Waals surface area contributed by atoms with Crippen LogP contribution in [0.25, 0.3) is 0 Å². The largest absolute Gasteiger partial charge is 0.405 e. The molecule has 2 atom stereocenters. The van der Waals surface area contributed by atoms with Crippen molar-refractivity contribution in [3.63, 3.8) is 0 Å². The van der Waals surface area contributed by atoms with Crippen molar-refractivity contribution >= 4 is 0 Å². The summed E-state index contributed by atoms with van der Waals surface area (Å²) in [5.41, 5.74) is 5.44. The van der Waals surface area contributed by atoms with Crippen molar-refractivity contribution in [1.82, 2.24) is 19.7 Å². The monoisotopic (exact) mass is 249 g/mol. The zero-order valence-electron chi connectivity index (χ0n) is 9.35. The third kappa shape index (κ3) is 2.42. The molecular formula is C9H14F3N5.